The van der Waals surface area contributed by atoms with Crippen LogP contribution in [0.1, 0.15) is 28.9 Å². The molecule has 1 aromatic heterocycles. The van der Waals surface area contributed by atoms with Crippen LogP contribution in [0.25, 0.3) is 10.9 Å². The first-order valence-electron chi connectivity index (χ1n) is 13.5. The van der Waals surface area contributed by atoms with Crippen molar-refractivity contribution in [3.05, 3.63) is 58.5 Å². The molecule has 4 N–H and O–H groups in total. The third kappa shape index (κ3) is 6.31. The Morgan fingerprint density at radius 2 is 1.88 bits per heavy atom. The lowest BCUT2D eigenvalue weighted by Crippen LogP contribution is -2.58. The lowest BCUT2D eigenvalue weighted by molar-refractivity contribution is -0.137. The number of amides is 5. The number of aromatic nitrogens is 2. The Kier molecular flexibility index (Phi) is 8.32. The van der Waals surface area contributed by atoms with Gasteiger partial charge in [0, 0.05) is 49.4 Å². The van der Waals surface area contributed by atoms with Gasteiger partial charge in [0.25, 0.3) is 5.91 Å². The molecule has 222 valence electrons. The lowest BCUT2D eigenvalue weighted by atomic mass is 10.1. The summed E-state index contributed by atoms with van der Waals surface area (Å²) in [6.45, 7) is 1.05. The van der Waals surface area contributed by atoms with E-state index in [2.05, 4.69) is 20.6 Å². The molecule has 0 unspecified atom stereocenters. The molecule has 0 spiro atoms. The number of urea groups is 1. The summed E-state index contributed by atoms with van der Waals surface area (Å²) in [6, 6.07) is 9.18. The average Bonchev–Trinajstić information content (AvgIpc) is 3.71. The number of rotatable bonds is 10. The summed E-state index contributed by atoms with van der Waals surface area (Å²) in [6.07, 6.45) is 1.51. The van der Waals surface area contributed by atoms with E-state index < -0.39 is 17.6 Å². The van der Waals surface area contributed by atoms with Crippen LogP contribution in [0, 0.1) is 5.82 Å². The number of nitrogens with two attached hydrogens (primary N) is 1. The number of nitrogens with zero attached hydrogens (tertiary/aromatic N) is 5. The number of likely N-dealkylation sites (N-methyl/N-ethyl adjacent to an activating group) is 2. The smallest absolute Gasteiger partial charge is 0.321 e. The zero-order valence-corrected chi connectivity index (χ0v) is 24.0. The van der Waals surface area contributed by atoms with Gasteiger partial charge in [-0.15, -0.1) is 0 Å². The number of benzene rings is 2. The summed E-state index contributed by atoms with van der Waals surface area (Å²) >= 11 is 5.81. The molecule has 1 aliphatic carbocycles. The Balaban J connectivity index is 1.27. The maximum Gasteiger partial charge on any atom is 0.321 e. The highest BCUT2D eigenvalue weighted by Gasteiger charge is 2.34. The van der Waals surface area contributed by atoms with Crippen LogP contribution in [0.3, 0.4) is 0 Å². The first kappa shape index (κ1) is 29.3. The minimum absolute atomic E-state index is 0.0397. The highest BCUT2D eigenvalue weighted by Crippen LogP contribution is 2.28. The van der Waals surface area contributed by atoms with Crippen molar-refractivity contribution >= 4 is 51.9 Å². The number of primary amides is 1. The van der Waals surface area contributed by atoms with Crippen LogP contribution in [0.2, 0.25) is 5.02 Å². The molecule has 2 aromatic carbocycles. The van der Waals surface area contributed by atoms with E-state index in [9.17, 15) is 23.6 Å². The summed E-state index contributed by atoms with van der Waals surface area (Å²) in [4.78, 5) is 56.2. The summed E-state index contributed by atoms with van der Waals surface area (Å²) < 4.78 is 15.5. The van der Waals surface area contributed by atoms with Gasteiger partial charge in [0.2, 0.25) is 11.8 Å². The second kappa shape index (κ2) is 11.9. The normalized spacial score (nSPS) is 15.2. The van der Waals surface area contributed by atoms with E-state index >= 15 is 0 Å². The number of nitrogens with one attached hydrogen (secondary N) is 2. The summed E-state index contributed by atoms with van der Waals surface area (Å²) in [7, 11) is 3.71. The molecule has 5 rings (SSSR count). The number of hydrogen-bond donors (Lipinski definition) is 3. The fourth-order valence-corrected chi connectivity index (χ4v) is 5.16. The number of carbonyl (C=O) groups is 4. The van der Waals surface area contributed by atoms with Gasteiger partial charge in [-0.2, -0.15) is 5.10 Å². The zero-order valence-electron chi connectivity index (χ0n) is 23.3. The zero-order chi connectivity index (χ0) is 30.1. The highest BCUT2D eigenvalue weighted by molar-refractivity contribution is 6.30. The Hall–Kier alpha value is -4.23. The number of hydrogen-bond acceptors (Lipinski definition) is 6. The summed E-state index contributed by atoms with van der Waals surface area (Å²) in [5, 5.41) is 10.1. The molecule has 2 aliphatic rings. The largest absolute Gasteiger partial charge is 0.364 e. The Labute approximate surface area is 246 Å². The first-order chi connectivity index (χ1) is 20.0. The van der Waals surface area contributed by atoms with Crippen LogP contribution in [-0.4, -0.2) is 94.0 Å². The monoisotopic (exact) mass is 598 g/mol. The van der Waals surface area contributed by atoms with Gasteiger partial charge in [-0.05, 0) is 44.2 Å². The maximum absolute atomic E-state index is 14.2. The molecule has 12 nitrogen and oxygen atoms in total. The third-order valence-electron chi connectivity index (χ3n) is 7.56. The second-order valence-electron chi connectivity index (χ2n) is 10.8. The molecule has 0 bridgehead atoms. The molecule has 2 fully saturated rings. The van der Waals surface area contributed by atoms with Gasteiger partial charge in [-0.1, -0.05) is 23.7 Å². The molecule has 42 heavy (non-hydrogen) atoms. The third-order valence-corrected chi connectivity index (χ3v) is 7.85. The van der Waals surface area contributed by atoms with Crippen molar-refractivity contribution in [1.82, 2.24) is 29.8 Å². The van der Waals surface area contributed by atoms with Gasteiger partial charge in [0.15, 0.2) is 5.69 Å². The van der Waals surface area contributed by atoms with E-state index in [1.807, 2.05) is 7.05 Å². The molecule has 0 radical (unpaired) electrons. The van der Waals surface area contributed by atoms with Gasteiger partial charge in [0.05, 0.1) is 23.1 Å². The van der Waals surface area contributed by atoms with E-state index in [1.165, 1.54) is 21.7 Å². The molecule has 5 amide bonds. The van der Waals surface area contributed by atoms with Crippen molar-refractivity contribution in [2.75, 3.05) is 39.0 Å². The van der Waals surface area contributed by atoms with Crippen molar-refractivity contribution in [3.8, 4) is 0 Å². The number of halogens is 2. The number of likely N-dealkylation sites (tertiary alicyclic amines) is 1. The van der Waals surface area contributed by atoms with Crippen LogP contribution in [0.4, 0.5) is 14.9 Å². The molecule has 14 heteroatoms. The predicted octanol–water partition coefficient (Wildman–Crippen LogP) is 2.01. The Morgan fingerprint density at radius 1 is 1.14 bits per heavy atom. The predicted molar refractivity (Wildman–Crippen MR) is 154 cm³/mol. The SMILES string of the molecule is CN1CC(N(C)C(=O)Nc2ccc3c(c2)c(C(N)=O)nn3CC(=O)N(CC(=O)NCc2cccc(Cl)c2F)C2CC2)C1. The first-order valence-corrected chi connectivity index (χ1v) is 13.9. The van der Waals surface area contributed by atoms with Crippen LogP contribution >= 0.6 is 11.6 Å². The molecule has 1 aliphatic heterocycles. The Morgan fingerprint density at radius 3 is 2.55 bits per heavy atom. The van der Waals surface area contributed by atoms with Crippen LogP contribution in [0.5, 0.6) is 0 Å². The number of anilines is 1. The maximum atomic E-state index is 14.2. The van der Waals surface area contributed by atoms with Crippen LogP contribution < -0.4 is 16.4 Å². The average molecular weight is 599 g/mol. The van der Waals surface area contributed by atoms with Gasteiger partial charge in [-0.3, -0.25) is 19.1 Å². The van der Waals surface area contributed by atoms with Gasteiger partial charge < -0.3 is 31.1 Å². The molecule has 1 saturated carbocycles. The molecule has 3 aromatic rings. The molecule has 0 atom stereocenters. The van der Waals surface area contributed by atoms with E-state index in [0.717, 1.165) is 25.9 Å². The van der Waals surface area contributed by atoms with Crippen LogP contribution in [-0.2, 0) is 22.7 Å². The number of carbonyl (C=O) groups excluding carboxylic acids is 4. The summed E-state index contributed by atoms with van der Waals surface area (Å²) in [5.41, 5.74) is 6.71. The fraction of sp³-hybridized carbons (Fsp3) is 0.393. The van der Waals surface area contributed by atoms with E-state index in [0.29, 0.717) is 16.6 Å². The van der Waals surface area contributed by atoms with Gasteiger partial charge in [0.1, 0.15) is 12.4 Å². The van der Waals surface area contributed by atoms with E-state index in [1.54, 1.807) is 36.2 Å². The van der Waals surface area contributed by atoms with Crippen molar-refractivity contribution < 1.29 is 23.6 Å². The van der Waals surface area contributed by atoms with Gasteiger partial charge >= 0.3 is 6.03 Å². The Bertz CT molecular complexity index is 1550. The lowest BCUT2D eigenvalue weighted by Gasteiger charge is -2.41. The molecule has 2 heterocycles. The standard InChI is InChI=1S/C28H32ClFN8O4/c1-35-12-19(13-35)36(2)28(42)33-17-6-9-22-20(10-17)26(27(31)41)34-38(22)15-24(40)37(18-7-8-18)14-23(39)32-11-16-4-3-5-21(29)25(16)30/h3-6,9-10,18-19H,7-8,11-15H2,1-2H3,(H2,31,41)(H,32,39)(H,33,42). The van der Waals surface area contributed by atoms with E-state index in [4.69, 9.17) is 17.3 Å². The molecular formula is C28H32ClFN8O4. The van der Waals surface area contributed by atoms with Crippen molar-refractivity contribution in [2.45, 2.75) is 38.0 Å². The van der Waals surface area contributed by atoms with Crippen molar-refractivity contribution in [2.24, 2.45) is 5.73 Å². The highest BCUT2D eigenvalue weighted by atomic mass is 35.5. The summed E-state index contributed by atoms with van der Waals surface area (Å²) in [5.74, 6) is -2.20. The van der Waals surface area contributed by atoms with Crippen molar-refractivity contribution in [1.29, 1.82) is 0 Å². The number of fused-ring (bicyclic) bond motifs is 1. The second-order valence-corrected chi connectivity index (χ2v) is 11.2. The molecular weight excluding hydrogens is 567 g/mol. The molecule has 1 saturated heterocycles. The van der Waals surface area contributed by atoms with Crippen molar-refractivity contribution in [3.63, 3.8) is 0 Å². The quantitative estimate of drug-likeness (QED) is 0.325. The minimum Gasteiger partial charge on any atom is -0.364 e. The topological polar surface area (TPSA) is 146 Å². The van der Waals surface area contributed by atoms with Gasteiger partial charge in [-0.25, -0.2) is 9.18 Å². The minimum atomic E-state index is -0.782. The van der Waals surface area contributed by atoms with E-state index in [-0.39, 0.29) is 59.9 Å². The van der Waals surface area contributed by atoms with Crippen LogP contribution in [0.15, 0.2) is 36.4 Å². The fourth-order valence-electron chi connectivity index (χ4n) is 4.96.